The summed E-state index contributed by atoms with van der Waals surface area (Å²) in [4.78, 5) is 8.44. The van der Waals surface area contributed by atoms with E-state index >= 15 is 0 Å². The summed E-state index contributed by atoms with van der Waals surface area (Å²) in [6, 6.07) is 10.8. The van der Waals surface area contributed by atoms with E-state index in [0.29, 0.717) is 16.5 Å². The van der Waals surface area contributed by atoms with E-state index in [9.17, 15) is 8.78 Å². The van der Waals surface area contributed by atoms with Crippen LogP contribution in [0.3, 0.4) is 0 Å². The monoisotopic (exact) mass is 360 g/mol. The topological polar surface area (TPSA) is 49.8 Å². The molecule has 4 nitrogen and oxygen atoms in total. The second-order valence-electron chi connectivity index (χ2n) is 5.48. The molecule has 3 aromatic rings. The van der Waals surface area contributed by atoms with Crippen molar-refractivity contribution >= 4 is 34.7 Å². The summed E-state index contributed by atoms with van der Waals surface area (Å²) in [7, 11) is 0. The third kappa shape index (κ3) is 3.85. The maximum atomic E-state index is 13.8. The van der Waals surface area contributed by atoms with E-state index in [1.807, 2.05) is 19.1 Å². The molecule has 0 amide bonds. The Kier molecular flexibility index (Phi) is 4.81. The Morgan fingerprint density at radius 3 is 2.32 bits per heavy atom. The van der Waals surface area contributed by atoms with Gasteiger partial charge < -0.3 is 10.6 Å². The molecule has 1 aromatic heterocycles. The number of nitrogens with zero attached hydrogens (tertiary/aromatic N) is 2. The van der Waals surface area contributed by atoms with Gasteiger partial charge in [-0.1, -0.05) is 23.7 Å². The van der Waals surface area contributed by atoms with E-state index in [1.165, 1.54) is 6.07 Å². The van der Waals surface area contributed by atoms with Crippen molar-refractivity contribution in [1.29, 1.82) is 0 Å². The van der Waals surface area contributed by atoms with Gasteiger partial charge in [0.2, 0.25) is 5.95 Å². The summed E-state index contributed by atoms with van der Waals surface area (Å²) < 4.78 is 27.6. The zero-order valence-electron chi connectivity index (χ0n) is 13.6. The number of benzene rings is 2. The van der Waals surface area contributed by atoms with Crippen LogP contribution in [0.5, 0.6) is 0 Å². The first-order chi connectivity index (χ1) is 11.9. The molecule has 7 heteroatoms. The van der Waals surface area contributed by atoms with Crippen molar-refractivity contribution in [2.24, 2.45) is 0 Å². The molecule has 0 unspecified atom stereocenters. The molecule has 0 radical (unpaired) electrons. The van der Waals surface area contributed by atoms with Gasteiger partial charge in [0, 0.05) is 22.5 Å². The van der Waals surface area contributed by atoms with Gasteiger partial charge in [-0.2, -0.15) is 4.98 Å². The van der Waals surface area contributed by atoms with Gasteiger partial charge in [-0.05, 0) is 43.7 Å². The van der Waals surface area contributed by atoms with Crippen LogP contribution < -0.4 is 10.6 Å². The van der Waals surface area contributed by atoms with E-state index in [1.54, 1.807) is 19.1 Å². The number of hydrogen-bond acceptors (Lipinski definition) is 4. The fourth-order valence-electron chi connectivity index (χ4n) is 2.30. The van der Waals surface area contributed by atoms with Crippen LogP contribution in [0.1, 0.15) is 11.3 Å². The van der Waals surface area contributed by atoms with Crippen molar-refractivity contribution in [3.8, 4) is 0 Å². The molecule has 0 saturated carbocycles. The molecule has 1 heterocycles. The highest BCUT2D eigenvalue weighted by Crippen LogP contribution is 2.27. The summed E-state index contributed by atoms with van der Waals surface area (Å²) in [5.74, 6) is -0.862. The van der Waals surface area contributed by atoms with Gasteiger partial charge in [-0.3, -0.25) is 0 Å². The minimum atomic E-state index is -0.717. The second-order valence-corrected chi connectivity index (χ2v) is 5.88. The van der Waals surface area contributed by atoms with Crippen LogP contribution in [0, 0.1) is 25.5 Å². The SMILES string of the molecule is Cc1cc(Nc2cccc(Cl)c2C)nc(Nc2c(F)cccc2F)n1. The molecule has 0 saturated heterocycles. The van der Waals surface area contributed by atoms with Crippen molar-refractivity contribution in [2.45, 2.75) is 13.8 Å². The van der Waals surface area contributed by atoms with Gasteiger partial charge in [-0.25, -0.2) is 13.8 Å². The molecule has 0 aliphatic rings. The Hall–Kier alpha value is -2.73. The van der Waals surface area contributed by atoms with Crippen molar-refractivity contribution < 1.29 is 8.78 Å². The average Bonchev–Trinajstić information content (AvgIpc) is 2.55. The lowest BCUT2D eigenvalue weighted by Gasteiger charge is -2.13. The number of halogens is 3. The first-order valence-electron chi connectivity index (χ1n) is 7.53. The first-order valence-corrected chi connectivity index (χ1v) is 7.90. The number of aromatic nitrogens is 2. The lowest BCUT2D eigenvalue weighted by atomic mass is 10.2. The highest BCUT2D eigenvalue weighted by atomic mass is 35.5. The predicted octanol–water partition coefficient (Wildman–Crippen LogP) is 5.51. The van der Waals surface area contributed by atoms with Crippen LogP contribution >= 0.6 is 11.6 Å². The quantitative estimate of drug-likeness (QED) is 0.644. The fourth-order valence-corrected chi connectivity index (χ4v) is 2.47. The summed E-state index contributed by atoms with van der Waals surface area (Å²) in [5.41, 5.74) is 2.00. The smallest absolute Gasteiger partial charge is 0.229 e. The van der Waals surface area contributed by atoms with Crippen molar-refractivity contribution in [1.82, 2.24) is 9.97 Å². The van der Waals surface area contributed by atoms with Crippen LogP contribution in [0.15, 0.2) is 42.5 Å². The van der Waals surface area contributed by atoms with Gasteiger partial charge in [0.1, 0.15) is 23.1 Å². The Balaban J connectivity index is 1.92. The van der Waals surface area contributed by atoms with Crippen LogP contribution in [0.4, 0.5) is 31.9 Å². The van der Waals surface area contributed by atoms with Gasteiger partial charge in [0.15, 0.2) is 0 Å². The van der Waals surface area contributed by atoms with E-state index in [2.05, 4.69) is 20.6 Å². The number of para-hydroxylation sites is 1. The lowest BCUT2D eigenvalue weighted by molar-refractivity contribution is 0.590. The summed E-state index contributed by atoms with van der Waals surface area (Å²) >= 11 is 6.12. The summed E-state index contributed by atoms with van der Waals surface area (Å²) in [5, 5.41) is 6.37. The van der Waals surface area contributed by atoms with E-state index in [4.69, 9.17) is 11.6 Å². The molecule has 0 bridgehead atoms. The average molecular weight is 361 g/mol. The minimum Gasteiger partial charge on any atom is -0.340 e. The van der Waals surface area contributed by atoms with Crippen molar-refractivity contribution in [3.05, 3.63) is 70.4 Å². The van der Waals surface area contributed by atoms with Crippen LogP contribution in [-0.2, 0) is 0 Å². The maximum Gasteiger partial charge on any atom is 0.229 e. The predicted molar refractivity (Wildman–Crippen MR) is 95.9 cm³/mol. The first kappa shape index (κ1) is 17.1. The molecule has 0 spiro atoms. The van der Waals surface area contributed by atoms with Crippen LogP contribution in [-0.4, -0.2) is 9.97 Å². The van der Waals surface area contributed by atoms with Gasteiger partial charge in [0.25, 0.3) is 0 Å². The molecule has 0 fully saturated rings. The molecular formula is C18H15ClF2N4. The third-order valence-corrected chi connectivity index (χ3v) is 3.99. The summed E-state index contributed by atoms with van der Waals surface area (Å²) in [6.07, 6.45) is 0. The van der Waals surface area contributed by atoms with Crippen LogP contribution in [0.2, 0.25) is 5.02 Å². The second kappa shape index (κ2) is 7.03. The number of aryl methyl sites for hydroxylation is 1. The highest BCUT2D eigenvalue weighted by molar-refractivity contribution is 6.31. The molecule has 128 valence electrons. The zero-order valence-corrected chi connectivity index (χ0v) is 14.3. The fraction of sp³-hybridized carbons (Fsp3) is 0.111. The molecule has 0 aliphatic carbocycles. The minimum absolute atomic E-state index is 0.0891. The van der Waals surface area contributed by atoms with E-state index < -0.39 is 11.6 Å². The van der Waals surface area contributed by atoms with Gasteiger partial charge >= 0.3 is 0 Å². The molecule has 25 heavy (non-hydrogen) atoms. The Bertz CT molecular complexity index is 911. The van der Waals surface area contributed by atoms with Crippen molar-refractivity contribution in [2.75, 3.05) is 10.6 Å². The Labute approximate surface area is 148 Å². The normalized spacial score (nSPS) is 10.6. The number of hydrogen-bond donors (Lipinski definition) is 2. The number of nitrogens with one attached hydrogen (secondary N) is 2. The lowest BCUT2D eigenvalue weighted by Crippen LogP contribution is -2.05. The Morgan fingerprint density at radius 2 is 1.60 bits per heavy atom. The van der Waals surface area contributed by atoms with Gasteiger partial charge in [0.05, 0.1) is 0 Å². The highest BCUT2D eigenvalue weighted by Gasteiger charge is 2.11. The van der Waals surface area contributed by atoms with Crippen LogP contribution in [0.25, 0.3) is 0 Å². The van der Waals surface area contributed by atoms with Gasteiger partial charge in [-0.15, -0.1) is 0 Å². The number of anilines is 4. The molecule has 0 atom stereocenters. The maximum absolute atomic E-state index is 13.8. The summed E-state index contributed by atoms with van der Waals surface area (Å²) in [6.45, 7) is 3.65. The molecule has 2 N–H and O–H groups in total. The standard InChI is InChI=1S/C18H15ClF2N4/c1-10-9-16(23-15-8-3-5-12(19)11(15)2)24-18(22-10)25-17-13(20)6-4-7-14(17)21/h3-9H,1-2H3,(H2,22,23,24,25). The number of rotatable bonds is 4. The third-order valence-electron chi connectivity index (χ3n) is 3.58. The largest absolute Gasteiger partial charge is 0.340 e. The Morgan fingerprint density at radius 1 is 0.920 bits per heavy atom. The van der Waals surface area contributed by atoms with E-state index in [-0.39, 0.29) is 11.6 Å². The molecule has 2 aromatic carbocycles. The molecule has 3 rings (SSSR count). The zero-order chi connectivity index (χ0) is 18.0. The van der Waals surface area contributed by atoms with Crippen molar-refractivity contribution in [3.63, 3.8) is 0 Å². The molecule has 0 aliphatic heterocycles. The molecular weight excluding hydrogens is 346 g/mol. The van der Waals surface area contributed by atoms with E-state index in [0.717, 1.165) is 23.4 Å².